The van der Waals surface area contributed by atoms with E-state index in [0.29, 0.717) is 17.9 Å². The molecule has 1 heterocycles. The van der Waals surface area contributed by atoms with E-state index in [1.54, 1.807) is 6.07 Å². The third kappa shape index (κ3) is 3.71. The SMILES string of the molecule is CCC(NS(=O)(=O)c1cc(CN)sc1C)c1ccccc1. The molecule has 4 nitrogen and oxygen atoms in total. The Morgan fingerprint density at radius 2 is 1.95 bits per heavy atom. The monoisotopic (exact) mass is 324 g/mol. The molecule has 114 valence electrons. The molecule has 3 N–H and O–H groups in total. The minimum absolute atomic E-state index is 0.225. The molecule has 0 aliphatic carbocycles. The van der Waals surface area contributed by atoms with Gasteiger partial charge in [0, 0.05) is 22.3 Å². The molecule has 2 aromatic rings. The first-order chi connectivity index (χ1) is 9.97. The van der Waals surface area contributed by atoms with Crippen LogP contribution in [-0.2, 0) is 16.6 Å². The molecule has 6 heteroatoms. The maximum atomic E-state index is 12.6. The number of rotatable bonds is 6. The van der Waals surface area contributed by atoms with Crippen LogP contribution in [0.5, 0.6) is 0 Å². The van der Waals surface area contributed by atoms with Gasteiger partial charge in [-0.3, -0.25) is 0 Å². The molecule has 0 bridgehead atoms. The molecule has 1 atom stereocenters. The lowest BCUT2D eigenvalue weighted by molar-refractivity contribution is 0.550. The Morgan fingerprint density at radius 1 is 1.29 bits per heavy atom. The molecule has 0 radical (unpaired) electrons. The molecule has 0 saturated carbocycles. The Hall–Kier alpha value is -1.21. The molecule has 0 saturated heterocycles. The maximum Gasteiger partial charge on any atom is 0.242 e. The van der Waals surface area contributed by atoms with E-state index in [4.69, 9.17) is 5.73 Å². The van der Waals surface area contributed by atoms with E-state index in [1.807, 2.05) is 44.2 Å². The summed E-state index contributed by atoms with van der Waals surface area (Å²) in [5.74, 6) is 0. The van der Waals surface area contributed by atoms with Crippen LogP contribution in [0.15, 0.2) is 41.3 Å². The summed E-state index contributed by atoms with van der Waals surface area (Å²) >= 11 is 1.43. The first-order valence-corrected chi connectivity index (χ1v) is 9.14. The molecule has 1 aromatic carbocycles. The molecule has 0 fully saturated rings. The van der Waals surface area contributed by atoms with Crippen molar-refractivity contribution < 1.29 is 8.42 Å². The normalized spacial score (nSPS) is 13.3. The maximum absolute atomic E-state index is 12.6. The van der Waals surface area contributed by atoms with Crippen molar-refractivity contribution in [1.29, 1.82) is 0 Å². The predicted molar refractivity (Wildman–Crippen MR) is 86.7 cm³/mol. The van der Waals surface area contributed by atoms with Crippen molar-refractivity contribution in [3.05, 3.63) is 51.7 Å². The summed E-state index contributed by atoms with van der Waals surface area (Å²) in [7, 11) is -3.53. The Kier molecular flexibility index (Phi) is 5.16. The van der Waals surface area contributed by atoms with Crippen LogP contribution in [0, 0.1) is 6.92 Å². The van der Waals surface area contributed by atoms with Gasteiger partial charge in [-0.05, 0) is 25.0 Å². The summed E-state index contributed by atoms with van der Waals surface area (Å²) in [5, 5.41) is 0. The number of sulfonamides is 1. The van der Waals surface area contributed by atoms with Crippen molar-refractivity contribution in [2.45, 2.75) is 37.8 Å². The second-order valence-electron chi connectivity index (χ2n) is 4.83. The first-order valence-electron chi connectivity index (χ1n) is 6.84. The van der Waals surface area contributed by atoms with Gasteiger partial charge >= 0.3 is 0 Å². The third-order valence-electron chi connectivity index (χ3n) is 3.32. The number of thiophene rings is 1. The lowest BCUT2D eigenvalue weighted by Gasteiger charge is -2.17. The zero-order chi connectivity index (χ0) is 15.5. The average molecular weight is 324 g/mol. The Balaban J connectivity index is 2.29. The zero-order valence-corrected chi connectivity index (χ0v) is 13.8. The molecule has 0 amide bonds. The van der Waals surface area contributed by atoms with E-state index < -0.39 is 10.0 Å². The van der Waals surface area contributed by atoms with Gasteiger partial charge in [0.05, 0.1) is 4.90 Å². The fourth-order valence-electron chi connectivity index (χ4n) is 2.21. The van der Waals surface area contributed by atoms with Gasteiger partial charge in [-0.1, -0.05) is 37.3 Å². The fraction of sp³-hybridized carbons (Fsp3) is 0.333. The molecular formula is C15H20N2O2S2. The molecule has 21 heavy (non-hydrogen) atoms. The molecule has 0 aliphatic rings. The molecule has 1 unspecified atom stereocenters. The predicted octanol–water partition coefficient (Wildman–Crippen LogP) is 2.94. The summed E-state index contributed by atoms with van der Waals surface area (Å²) in [6, 6.07) is 11.0. The number of hydrogen-bond donors (Lipinski definition) is 2. The Labute approximate surface area is 130 Å². The molecule has 2 rings (SSSR count). The topological polar surface area (TPSA) is 72.2 Å². The zero-order valence-electron chi connectivity index (χ0n) is 12.2. The molecule has 0 aliphatic heterocycles. The van der Waals surface area contributed by atoms with Crippen LogP contribution >= 0.6 is 11.3 Å². The van der Waals surface area contributed by atoms with Gasteiger partial charge in [0.25, 0.3) is 0 Å². The first kappa shape index (κ1) is 16.2. The average Bonchev–Trinajstić information content (AvgIpc) is 2.88. The van der Waals surface area contributed by atoms with Crippen LogP contribution in [0.1, 0.15) is 34.7 Å². The Morgan fingerprint density at radius 3 is 2.48 bits per heavy atom. The minimum atomic E-state index is -3.53. The fourth-order valence-corrected chi connectivity index (χ4v) is 5.04. The second kappa shape index (κ2) is 6.70. The van der Waals surface area contributed by atoms with Gasteiger partial charge in [0.1, 0.15) is 0 Å². The van der Waals surface area contributed by atoms with Crippen LogP contribution in [0.4, 0.5) is 0 Å². The summed E-state index contributed by atoms with van der Waals surface area (Å²) in [6.45, 7) is 4.13. The van der Waals surface area contributed by atoms with Crippen LogP contribution in [0.25, 0.3) is 0 Å². The van der Waals surface area contributed by atoms with Crippen LogP contribution in [0.2, 0.25) is 0 Å². The van der Waals surface area contributed by atoms with Crippen molar-refractivity contribution in [3.8, 4) is 0 Å². The lowest BCUT2D eigenvalue weighted by Crippen LogP contribution is -2.28. The van der Waals surface area contributed by atoms with Crippen LogP contribution < -0.4 is 10.5 Å². The number of nitrogens with one attached hydrogen (secondary N) is 1. The standard InChI is InChI=1S/C15H20N2O2S2/c1-3-14(12-7-5-4-6-8-12)17-21(18,19)15-9-13(10-16)20-11(15)2/h4-9,14,17H,3,10,16H2,1-2H3. The third-order valence-corrected chi connectivity index (χ3v) is 6.12. The number of benzene rings is 1. The smallest absolute Gasteiger partial charge is 0.242 e. The van der Waals surface area contributed by atoms with E-state index in [-0.39, 0.29) is 6.04 Å². The highest BCUT2D eigenvalue weighted by atomic mass is 32.2. The van der Waals surface area contributed by atoms with Gasteiger partial charge in [-0.2, -0.15) is 0 Å². The van der Waals surface area contributed by atoms with Gasteiger partial charge in [-0.25, -0.2) is 13.1 Å². The summed E-state index contributed by atoms with van der Waals surface area (Å²) in [6.07, 6.45) is 0.691. The highest BCUT2D eigenvalue weighted by molar-refractivity contribution is 7.89. The van der Waals surface area contributed by atoms with E-state index in [0.717, 1.165) is 15.3 Å². The van der Waals surface area contributed by atoms with Crippen molar-refractivity contribution in [2.24, 2.45) is 5.73 Å². The van der Waals surface area contributed by atoms with Gasteiger partial charge in [-0.15, -0.1) is 11.3 Å². The highest BCUT2D eigenvalue weighted by Crippen LogP contribution is 2.27. The summed E-state index contributed by atoms with van der Waals surface area (Å²) in [5.41, 5.74) is 6.56. The van der Waals surface area contributed by atoms with E-state index in [2.05, 4.69) is 4.72 Å². The number of nitrogens with two attached hydrogens (primary N) is 1. The van der Waals surface area contributed by atoms with Crippen molar-refractivity contribution in [2.75, 3.05) is 0 Å². The van der Waals surface area contributed by atoms with Crippen LogP contribution in [-0.4, -0.2) is 8.42 Å². The lowest BCUT2D eigenvalue weighted by atomic mass is 10.1. The van der Waals surface area contributed by atoms with Gasteiger partial charge in [0.2, 0.25) is 10.0 Å². The number of hydrogen-bond acceptors (Lipinski definition) is 4. The molecule has 1 aromatic heterocycles. The largest absolute Gasteiger partial charge is 0.326 e. The van der Waals surface area contributed by atoms with Crippen molar-refractivity contribution >= 4 is 21.4 Å². The minimum Gasteiger partial charge on any atom is -0.326 e. The van der Waals surface area contributed by atoms with E-state index in [9.17, 15) is 8.42 Å². The molecular weight excluding hydrogens is 304 g/mol. The number of aryl methyl sites for hydroxylation is 1. The van der Waals surface area contributed by atoms with Crippen LogP contribution in [0.3, 0.4) is 0 Å². The van der Waals surface area contributed by atoms with Gasteiger partial charge in [0.15, 0.2) is 0 Å². The van der Waals surface area contributed by atoms with Crippen molar-refractivity contribution in [1.82, 2.24) is 4.72 Å². The van der Waals surface area contributed by atoms with E-state index >= 15 is 0 Å². The van der Waals surface area contributed by atoms with E-state index in [1.165, 1.54) is 11.3 Å². The summed E-state index contributed by atoms with van der Waals surface area (Å²) in [4.78, 5) is 1.98. The Bertz CT molecular complexity index is 694. The van der Waals surface area contributed by atoms with Crippen molar-refractivity contribution in [3.63, 3.8) is 0 Å². The summed E-state index contributed by atoms with van der Waals surface area (Å²) < 4.78 is 28.0. The highest BCUT2D eigenvalue weighted by Gasteiger charge is 2.23. The quantitative estimate of drug-likeness (QED) is 0.858. The molecule has 0 spiro atoms. The second-order valence-corrected chi connectivity index (χ2v) is 7.85. The van der Waals surface area contributed by atoms with Gasteiger partial charge < -0.3 is 5.73 Å².